The van der Waals surface area contributed by atoms with Crippen molar-refractivity contribution in [2.75, 3.05) is 54.9 Å². The maximum atomic E-state index is 14.3. The number of nitrogens with one attached hydrogen (secondary N) is 2. The van der Waals surface area contributed by atoms with E-state index in [2.05, 4.69) is 26.2 Å². The van der Waals surface area contributed by atoms with E-state index in [1.165, 1.54) is 51.1 Å². The summed E-state index contributed by atoms with van der Waals surface area (Å²) in [6, 6.07) is 15.7. The second kappa shape index (κ2) is 16.5. The molecule has 19 nitrogen and oxygen atoms in total. The summed E-state index contributed by atoms with van der Waals surface area (Å²) in [5, 5.41) is 27.4. The Hall–Kier alpha value is -6.86. The molecule has 2 aliphatic rings. The SMILES string of the molecule is CC(C)(C)OC(=O)n1c(C(=O)O)cc2cc(NC(=O)C(Cc3ccc(NC(=O)N4CCOCC4)cc3)N3CCN(c4cc(Cl)ccc4-n4cnnn4)C(=O)C3=O)ccc21. The highest BCUT2D eigenvalue weighted by Crippen LogP contribution is 2.31. The number of nitrogens with zero attached hydrogens (tertiary/aromatic N) is 8. The number of morpholine rings is 1. The molecule has 0 bridgehead atoms. The highest BCUT2D eigenvalue weighted by Gasteiger charge is 2.41. The first-order chi connectivity index (χ1) is 28.2. The number of benzene rings is 3. The van der Waals surface area contributed by atoms with Gasteiger partial charge >= 0.3 is 29.9 Å². The van der Waals surface area contributed by atoms with E-state index in [1.54, 1.807) is 62.1 Å². The van der Waals surface area contributed by atoms with Crippen LogP contribution in [-0.4, -0.2) is 127 Å². The Kier molecular flexibility index (Phi) is 11.3. The van der Waals surface area contributed by atoms with Crippen LogP contribution in [0.5, 0.6) is 0 Å². The van der Waals surface area contributed by atoms with E-state index in [0.29, 0.717) is 53.7 Å². The van der Waals surface area contributed by atoms with Gasteiger partial charge in [0.2, 0.25) is 5.91 Å². The van der Waals surface area contributed by atoms with Crippen molar-refractivity contribution in [1.29, 1.82) is 0 Å². The Morgan fingerprint density at radius 3 is 2.29 bits per heavy atom. The summed E-state index contributed by atoms with van der Waals surface area (Å²) in [5.41, 5.74) is 1.02. The van der Waals surface area contributed by atoms with Crippen LogP contribution >= 0.6 is 11.6 Å². The summed E-state index contributed by atoms with van der Waals surface area (Å²) in [4.78, 5) is 84.4. The van der Waals surface area contributed by atoms with Crippen LogP contribution in [0.3, 0.4) is 0 Å². The van der Waals surface area contributed by atoms with Crippen molar-refractivity contribution in [2.45, 2.75) is 38.8 Å². The summed E-state index contributed by atoms with van der Waals surface area (Å²) in [7, 11) is 0. The second-order valence-electron chi connectivity index (χ2n) is 14.7. The average molecular weight is 827 g/mol. The molecule has 2 aromatic heterocycles. The highest BCUT2D eigenvalue weighted by atomic mass is 35.5. The molecular weight excluding hydrogens is 788 g/mol. The first-order valence-electron chi connectivity index (χ1n) is 18.5. The van der Waals surface area contributed by atoms with Crippen molar-refractivity contribution in [3.8, 4) is 5.69 Å². The number of hydrogen-bond acceptors (Lipinski definition) is 11. The van der Waals surface area contributed by atoms with E-state index in [4.69, 9.17) is 21.1 Å². The summed E-state index contributed by atoms with van der Waals surface area (Å²) < 4.78 is 13.0. The van der Waals surface area contributed by atoms with Gasteiger partial charge in [-0.2, -0.15) is 4.68 Å². The number of rotatable bonds is 9. The largest absolute Gasteiger partial charge is 0.477 e. The molecule has 0 radical (unpaired) electrons. The average Bonchev–Trinajstić information content (AvgIpc) is 3.88. The van der Waals surface area contributed by atoms with Crippen LogP contribution in [0.4, 0.5) is 26.7 Å². The molecule has 3 aromatic carbocycles. The fraction of sp³-hybridized carbons (Fsp3) is 0.308. The molecule has 5 aromatic rings. The lowest BCUT2D eigenvalue weighted by Gasteiger charge is -2.38. The van der Waals surface area contributed by atoms with Gasteiger partial charge in [-0.15, -0.1) is 5.10 Å². The predicted octanol–water partition coefficient (Wildman–Crippen LogP) is 4.04. The molecule has 1 atom stereocenters. The van der Waals surface area contributed by atoms with Crippen LogP contribution in [0.1, 0.15) is 36.8 Å². The molecule has 0 aliphatic carbocycles. The number of carboxylic acid groups (broad SMARTS) is 1. The quantitative estimate of drug-likeness (QED) is 0.179. The number of aromatic nitrogens is 5. The van der Waals surface area contributed by atoms with Gasteiger partial charge in [0.05, 0.1) is 30.1 Å². The lowest BCUT2D eigenvalue weighted by Crippen LogP contribution is -2.60. The molecule has 0 saturated carbocycles. The van der Waals surface area contributed by atoms with E-state index >= 15 is 0 Å². The molecule has 0 spiro atoms. The summed E-state index contributed by atoms with van der Waals surface area (Å²) >= 11 is 6.32. The van der Waals surface area contributed by atoms with Crippen molar-refractivity contribution in [2.24, 2.45) is 0 Å². The van der Waals surface area contributed by atoms with Crippen LogP contribution in [-0.2, 0) is 30.3 Å². The zero-order valence-corrected chi connectivity index (χ0v) is 32.9. The van der Waals surface area contributed by atoms with Crippen molar-refractivity contribution >= 4 is 75.4 Å². The molecule has 3 N–H and O–H groups in total. The minimum Gasteiger partial charge on any atom is -0.477 e. The molecule has 20 heteroatoms. The van der Waals surface area contributed by atoms with Gasteiger partial charge in [-0.25, -0.2) is 19.0 Å². The third kappa shape index (κ3) is 8.85. The molecular formula is C39H39ClN10O9. The van der Waals surface area contributed by atoms with Crippen molar-refractivity contribution in [3.05, 3.63) is 89.3 Å². The minimum atomic E-state index is -1.37. The molecule has 2 aliphatic heterocycles. The first kappa shape index (κ1) is 40.3. The summed E-state index contributed by atoms with van der Waals surface area (Å²) in [6.45, 7) is 6.70. The molecule has 1 unspecified atom stereocenters. The van der Waals surface area contributed by atoms with Gasteiger partial charge in [-0.1, -0.05) is 23.7 Å². The standard InChI is InChI=1S/C39H39ClN10O9/c1-39(2,3)59-38(57)50-28-11-9-27(19-24(28)20-32(50)36(54)55)42-33(51)31(18-23-4-7-26(8-5-23)43-37(56)46-14-16-58-17-15-46)48-13-12-47(34(52)35(48)53)30-21-25(40)6-10-29(30)49-22-41-44-45-49/h4-11,19-22,31H,12-18H2,1-3H3,(H,42,51)(H,43,56)(H,54,55). The molecule has 7 rings (SSSR count). The van der Waals surface area contributed by atoms with Crippen LogP contribution in [0, 0.1) is 0 Å². The fourth-order valence-corrected chi connectivity index (χ4v) is 6.96. The molecule has 4 heterocycles. The smallest absolute Gasteiger partial charge is 0.419 e. The number of ether oxygens (including phenoxy) is 2. The lowest BCUT2D eigenvalue weighted by atomic mass is 10.0. The van der Waals surface area contributed by atoms with Crippen LogP contribution in [0.15, 0.2) is 73.1 Å². The van der Waals surface area contributed by atoms with Gasteiger partial charge in [-0.05, 0) is 91.4 Å². The normalized spacial score (nSPS) is 15.3. The van der Waals surface area contributed by atoms with E-state index in [1.807, 2.05) is 0 Å². The topological polar surface area (TPSA) is 223 Å². The van der Waals surface area contributed by atoms with E-state index in [0.717, 1.165) is 4.57 Å². The van der Waals surface area contributed by atoms with Crippen molar-refractivity contribution < 1.29 is 43.3 Å². The lowest BCUT2D eigenvalue weighted by molar-refractivity contribution is -0.149. The number of piperazine rings is 1. The van der Waals surface area contributed by atoms with Crippen LogP contribution < -0.4 is 15.5 Å². The number of aromatic carboxylic acids is 1. The minimum absolute atomic E-state index is 0.0154. The van der Waals surface area contributed by atoms with Gasteiger partial charge < -0.3 is 39.9 Å². The highest BCUT2D eigenvalue weighted by molar-refractivity contribution is 6.41. The Bertz CT molecular complexity index is 2440. The van der Waals surface area contributed by atoms with E-state index in [9.17, 15) is 33.9 Å². The van der Waals surface area contributed by atoms with Gasteiger partial charge in [-0.3, -0.25) is 14.4 Å². The van der Waals surface area contributed by atoms with Crippen LogP contribution in [0.25, 0.3) is 16.6 Å². The molecule has 2 fully saturated rings. The monoisotopic (exact) mass is 826 g/mol. The number of tetrazole rings is 1. The van der Waals surface area contributed by atoms with E-state index in [-0.39, 0.29) is 48.1 Å². The number of halogens is 1. The zero-order valence-electron chi connectivity index (χ0n) is 32.1. The predicted molar refractivity (Wildman–Crippen MR) is 213 cm³/mol. The van der Waals surface area contributed by atoms with Crippen molar-refractivity contribution in [3.63, 3.8) is 0 Å². The Morgan fingerprint density at radius 1 is 0.881 bits per heavy atom. The second-order valence-corrected chi connectivity index (χ2v) is 15.1. The van der Waals surface area contributed by atoms with Crippen molar-refractivity contribution in [1.82, 2.24) is 34.6 Å². The number of carbonyl (C=O) groups excluding carboxylic acids is 5. The van der Waals surface area contributed by atoms with Gasteiger partial charge in [0.15, 0.2) is 0 Å². The third-order valence-corrected chi connectivity index (χ3v) is 9.79. The zero-order chi connectivity index (χ0) is 42.0. The van der Waals surface area contributed by atoms with Gasteiger partial charge in [0.1, 0.15) is 23.7 Å². The maximum absolute atomic E-state index is 14.3. The van der Waals surface area contributed by atoms with E-state index < -0.39 is 41.4 Å². The molecule has 59 heavy (non-hydrogen) atoms. The number of carbonyl (C=O) groups is 6. The number of anilines is 3. The van der Waals surface area contributed by atoms with Gasteiger partial charge in [0, 0.05) is 54.4 Å². The Balaban J connectivity index is 1.17. The first-order valence-corrected chi connectivity index (χ1v) is 18.9. The molecule has 5 amide bonds. The number of hydrogen-bond donors (Lipinski definition) is 3. The third-order valence-electron chi connectivity index (χ3n) is 9.55. The number of amides is 5. The Morgan fingerprint density at radius 2 is 1.61 bits per heavy atom. The summed E-state index contributed by atoms with van der Waals surface area (Å²) in [5.74, 6) is -3.89. The summed E-state index contributed by atoms with van der Waals surface area (Å²) in [6.07, 6.45) is 0.413. The number of carboxylic acids is 1. The molecule has 2 saturated heterocycles. The van der Waals surface area contributed by atoms with Crippen LogP contribution in [0.2, 0.25) is 5.02 Å². The molecule has 306 valence electrons. The fourth-order valence-electron chi connectivity index (χ4n) is 6.80. The number of urea groups is 1. The number of fused-ring (bicyclic) bond motifs is 1. The Labute approximate surface area is 341 Å². The van der Waals surface area contributed by atoms with Gasteiger partial charge in [0.25, 0.3) is 0 Å². The maximum Gasteiger partial charge on any atom is 0.419 e.